The number of carbonyl (C=O) groups excluding carboxylic acids is 2. The van der Waals surface area contributed by atoms with Crippen LogP contribution in [0.2, 0.25) is 0 Å². The highest BCUT2D eigenvalue weighted by molar-refractivity contribution is 9.10. The Kier molecular flexibility index (Phi) is 6.09. The highest BCUT2D eigenvalue weighted by Crippen LogP contribution is 2.19. The summed E-state index contributed by atoms with van der Waals surface area (Å²) in [6, 6.07) is 15.7. The molecule has 0 aliphatic rings. The van der Waals surface area contributed by atoms with Crippen molar-refractivity contribution in [2.75, 3.05) is 19.4 Å². The molecule has 0 spiro atoms. The van der Waals surface area contributed by atoms with Crippen LogP contribution in [0.3, 0.4) is 0 Å². The number of amides is 2. The van der Waals surface area contributed by atoms with E-state index in [2.05, 4.69) is 21.2 Å². The van der Waals surface area contributed by atoms with Gasteiger partial charge in [-0.15, -0.1) is 0 Å². The molecule has 2 rings (SSSR count). The van der Waals surface area contributed by atoms with Crippen molar-refractivity contribution in [2.45, 2.75) is 0 Å². The minimum absolute atomic E-state index is 0.0136. The fraction of sp³-hybridized carbons (Fsp3) is 0.105. The Balaban J connectivity index is 2.16. The minimum Gasteiger partial charge on any atom is -0.345 e. The largest absolute Gasteiger partial charge is 0.345 e. The monoisotopic (exact) mass is 397 g/mol. The van der Waals surface area contributed by atoms with Crippen LogP contribution in [0, 0.1) is 11.3 Å². The summed E-state index contributed by atoms with van der Waals surface area (Å²) in [5.74, 6) is -0.630. The average Bonchev–Trinajstić information content (AvgIpc) is 2.60. The molecule has 126 valence electrons. The van der Waals surface area contributed by atoms with Crippen molar-refractivity contribution in [3.63, 3.8) is 0 Å². The van der Waals surface area contributed by atoms with Crippen molar-refractivity contribution in [1.82, 2.24) is 4.90 Å². The normalized spacial score (nSPS) is 10.7. The lowest BCUT2D eigenvalue weighted by molar-refractivity contribution is -0.112. The summed E-state index contributed by atoms with van der Waals surface area (Å²) < 4.78 is 0.794. The van der Waals surface area contributed by atoms with Gasteiger partial charge in [-0.05, 0) is 42.0 Å². The molecule has 0 saturated heterocycles. The third kappa shape index (κ3) is 4.78. The molecule has 0 heterocycles. The summed E-state index contributed by atoms with van der Waals surface area (Å²) in [5, 5.41) is 11.9. The topological polar surface area (TPSA) is 73.2 Å². The van der Waals surface area contributed by atoms with E-state index in [1.54, 1.807) is 44.4 Å². The third-order valence-corrected chi connectivity index (χ3v) is 4.09. The molecule has 0 aliphatic heterocycles. The predicted octanol–water partition coefficient (Wildman–Crippen LogP) is 3.70. The second-order valence-corrected chi connectivity index (χ2v) is 6.28. The van der Waals surface area contributed by atoms with Gasteiger partial charge in [-0.3, -0.25) is 9.59 Å². The molecule has 0 saturated carbocycles. The summed E-state index contributed by atoms with van der Waals surface area (Å²) in [5.41, 5.74) is 1.75. The van der Waals surface area contributed by atoms with Gasteiger partial charge in [0.1, 0.15) is 11.6 Å². The van der Waals surface area contributed by atoms with Gasteiger partial charge in [0.05, 0.1) is 0 Å². The van der Waals surface area contributed by atoms with E-state index in [9.17, 15) is 14.9 Å². The molecule has 0 fully saturated rings. The van der Waals surface area contributed by atoms with Crippen molar-refractivity contribution in [3.8, 4) is 6.07 Å². The highest BCUT2D eigenvalue weighted by Gasteiger charge is 2.12. The SMILES string of the molecule is CN(C)C(=O)c1ccc(NC(=O)/C(C#N)=C/c2ccccc2Br)cc1. The van der Waals surface area contributed by atoms with Crippen LogP contribution in [-0.2, 0) is 4.79 Å². The lowest BCUT2D eigenvalue weighted by Gasteiger charge is -2.11. The van der Waals surface area contributed by atoms with Crippen LogP contribution in [0.15, 0.2) is 58.6 Å². The number of anilines is 1. The van der Waals surface area contributed by atoms with Crippen molar-refractivity contribution in [1.29, 1.82) is 5.26 Å². The standard InChI is InChI=1S/C19H16BrN3O2/c1-23(2)19(25)13-7-9-16(10-8-13)22-18(24)15(12-21)11-14-5-3-4-6-17(14)20/h3-11H,1-2H3,(H,22,24)/b15-11+. The van der Waals surface area contributed by atoms with Crippen LogP contribution in [0.25, 0.3) is 6.08 Å². The molecule has 6 heteroatoms. The van der Waals surface area contributed by atoms with E-state index in [4.69, 9.17) is 0 Å². The number of carbonyl (C=O) groups is 2. The van der Waals surface area contributed by atoms with Gasteiger partial charge >= 0.3 is 0 Å². The average molecular weight is 398 g/mol. The molecule has 1 N–H and O–H groups in total. The summed E-state index contributed by atoms with van der Waals surface area (Å²) in [6.07, 6.45) is 1.52. The van der Waals surface area contributed by atoms with Gasteiger partial charge < -0.3 is 10.2 Å². The molecule has 25 heavy (non-hydrogen) atoms. The summed E-state index contributed by atoms with van der Waals surface area (Å²) in [7, 11) is 3.34. The molecule has 0 aliphatic carbocycles. The molecular formula is C19H16BrN3O2. The zero-order valence-electron chi connectivity index (χ0n) is 13.8. The zero-order chi connectivity index (χ0) is 18.4. The van der Waals surface area contributed by atoms with E-state index in [1.807, 2.05) is 24.3 Å². The molecule has 0 unspecified atom stereocenters. The van der Waals surface area contributed by atoms with E-state index in [1.165, 1.54) is 11.0 Å². The molecule has 0 bridgehead atoms. The third-order valence-electron chi connectivity index (χ3n) is 3.37. The van der Waals surface area contributed by atoms with Gasteiger partial charge in [0.2, 0.25) is 0 Å². The molecule has 0 atom stereocenters. The van der Waals surface area contributed by atoms with Crippen LogP contribution >= 0.6 is 15.9 Å². The lowest BCUT2D eigenvalue weighted by Crippen LogP contribution is -2.21. The quantitative estimate of drug-likeness (QED) is 0.631. The van der Waals surface area contributed by atoms with Gasteiger partial charge in [-0.2, -0.15) is 5.26 Å². The van der Waals surface area contributed by atoms with Crippen molar-refractivity contribution in [2.24, 2.45) is 0 Å². The van der Waals surface area contributed by atoms with E-state index in [0.29, 0.717) is 11.3 Å². The zero-order valence-corrected chi connectivity index (χ0v) is 15.4. The maximum absolute atomic E-state index is 12.3. The fourth-order valence-corrected chi connectivity index (χ4v) is 2.45. The minimum atomic E-state index is -0.509. The number of nitrogens with one attached hydrogen (secondary N) is 1. The van der Waals surface area contributed by atoms with E-state index in [0.717, 1.165) is 10.0 Å². The van der Waals surface area contributed by atoms with Gasteiger partial charge in [0.25, 0.3) is 11.8 Å². The first-order chi connectivity index (χ1) is 11.9. The number of benzene rings is 2. The Hall–Kier alpha value is -2.91. The second kappa shape index (κ2) is 8.27. The number of nitrogens with zero attached hydrogens (tertiary/aromatic N) is 2. The maximum atomic E-state index is 12.3. The first kappa shape index (κ1) is 18.4. The predicted molar refractivity (Wildman–Crippen MR) is 101 cm³/mol. The smallest absolute Gasteiger partial charge is 0.266 e. The van der Waals surface area contributed by atoms with Gasteiger partial charge in [0, 0.05) is 29.8 Å². The lowest BCUT2D eigenvalue weighted by atomic mass is 10.1. The molecule has 5 nitrogen and oxygen atoms in total. The van der Waals surface area contributed by atoms with Crippen molar-refractivity contribution in [3.05, 3.63) is 69.7 Å². The van der Waals surface area contributed by atoms with Crippen molar-refractivity contribution >= 4 is 39.5 Å². The van der Waals surface area contributed by atoms with E-state index < -0.39 is 5.91 Å². The first-order valence-electron chi connectivity index (χ1n) is 7.41. The Morgan fingerprint density at radius 2 is 1.76 bits per heavy atom. The van der Waals surface area contributed by atoms with Crippen LogP contribution in [0.5, 0.6) is 0 Å². The number of halogens is 1. The van der Waals surface area contributed by atoms with Crippen molar-refractivity contribution < 1.29 is 9.59 Å². The first-order valence-corrected chi connectivity index (χ1v) is 8.21. The molecule has 0 radical (unpaired) electrons. The van der Waals surface area contributed by atoms with Crippen LogP contribution in [0.1, 0.15) is 15.9 Å². The number of hydrogen-bond acceptors (Lipinski definition) is 3. The summed E-state index contributed by atoms with van der Waals surface area (Å²) in [4.78, 5) is 25.6. The highest BCUT2D eigenvalue weighted by atomic mass is 79.9. The summed E-state index contributed by atoms with van der Waals surface area (Å²) in [6.45, 7) is 0. The molecule has 0 aromatic heterocycles. The molecule has 2 aromatic carbocycles. The Morgan fingerprint density at radius 1 is 1.12 bits per heavy atom. The summed E-state index contributed by atoms with van der Waals surface area (Å²) >= 11 is 3.38. The maximum Gasteiger partial charge on any atom is 0.266 e. The van der Waals surface area contributed by atoms with Gasteiger partial charge in [-0.25, -0.2) is 0 Å². The van der Waals surface area contributed by atoms with E-state index in [-0.39, 0.29) is 11.5 Å². The Bertz CT molecular complexity index is 865. The molecule has 2 aromatic rings. The van der Waals surface area contributed by atoms with E-state index >= 15 is 0 Å². The van der Waals surface area contributed by atoms with Gasteiger partial charge in [0.15, 0.2) is 0 Å². The Labute approximate surface area is 154 Å². The number of hydrogen-bond donors (Lipinski definition) is 1. The fourth-order valence-electron chi connectivity index (χ4n) is 2.05. The van der Waals surface area contributed by atoms with Crippen LogP contribution < -0.4 is 5.32 Å². The molecule has 2 amide bonds. The van der Waals surface area contributed by atoms with Crippen LogP contribution in [-0.4, -0.2) is 30.8 Å². The van der Waals surface area contributed by atoms with Crippen LogP contribution in [0.4, 0.5) is 5.69 Å². The number of nitriles is 1. The Morgan fingerprint density at radius 3 is 2.32 bits per heavy atom. The van der Waals surface area contributed by atoms with Gasteiger partial charge in [-0.1, -0.05) is 34.1 Å². The molecular weight excluding hydrogens is 382 g/mol. The number of rotatable bonds is 4. The second-order valence-electron chi connectivity index (χ2n) is 5.42.